The Morgan fingerprint density at radius 1 is 1.28 bits per heavy atom. The number of likely N-dealkylation sites (tertiary alicyclic amines) is 1. The van der Waals surface area contributed by atoms with Crippen LogP contribution in [0.4, 0.5) is 0 Å². The zero-order valence-electron chi connectivity index (χ0n) is 15.1. The fourth-order valence-corrected chi connectivity index (χ4v) is 4.07. The van der Waals surface area contributed by atoms with Crippen LogP contribution in [-0.4, -0.2) is 48.9 Å². The summed E-state index contributed by atoms with van der Waals surface area (Å²) in [5.74, 6) is 1.74. The van der Waals surface area contributed by atoms with Gasteiger partial charge in [0.05, 0.1) is 5.25 Å². The quantitative estimate of drug-likeness (QED) is 0.768. The fourth-order valence-electron chi connectivity index (χ4n) is 3.07. The summed E-state index contributed by atoms with van der Waals surface area (Å²) in [5.41, 5.74) is 0.986. The van der Waals surface area contributed by atoms with Crippen molar-refractivity contribution in [1.29, 1.82) is 0 Å². The zero-order chi connectivity index (χ0) is 17.8. The molecule has 2 aromatic heterocycles. The van der Waals surface area contributed by atoms with Crippen LogP contribution < -0.4 is 0 Å². The third kappa shape index (κ3) is 4.03. The van der Waals surface area contributed by atoms with Gasteiger partial charge in [-0.1, -0.05) is 18.7 Å². The van der Waals surface area contributed by atoms with E-state index in [-0.39, 0.29) is 11.2 Å². The van der Waals surface area contributed by atoms with Crippen LogP contribution in [-0.2, 0) is 11.3 Å². The van der Waals surface area contributed by atoms with Crippen molar-refractivity contribution < 1.29 is 4.79 Å². The van der Waals surface area contributed by atoms with Crippen molar-refractivity contribution in [1.82, 2.24) is 24.6 Å². The molecule has 3 rings (SSSR count). The molecule has 2 aromatic rings. The van der Waals surface area contributed by atoms with Crippen molar-refractivity contribution in [3.63, 3.8) is 0 Å². The van der Waals surface area contributed by atoms with Crippen LogP contribution in [0.25, 0.3) is 11.4 Å². The molecule has 0 radical (unpaired) electrons. The van der Waals surface area contributed by atoms with Gasteiger partial charge in [-0.3, -0.25) is 9.78 Å². The van der Waals surface area contributed by atoms with Gasteiger partial charge in [0, 0.05) is 37.6 Å². The molecule has 1 fully saturated rings. The number of nitrogens with zero attached hydrogens (tertiary/aromatic N) is 5. The van der Waals surface area contributed by atoms with E-state index in [9.17, 15) is 4.79 Å². The van der Waals surface area contributed by atoms with Gasteiger partial charge in [0.2, 0.25) is 5.91 Å². The van der Waals surface area contributed by atoms with E-state index >= 15 is 0 Å². The number of carbonyl (C=O) groups is 1. The molecule has 0 aliphatic carbocycles. The van der Waals surface area contributed by atoms with Gasteiger partial charge in [-0.05, 0) is 44.7 Å². The average molecular weight is 359 g/mol. The Hall–Kier alpha value is -1.89. The van der Waals surface area contributed by atoms with E-state index in [1.165, 1.54) is 11.8 Å². The number of rotatable bonds is 5. The average Bonchev–Trinajstić information content (AvgIpc) is 3.05. The molecule has 1 aliphatic rings. The third-order valence-corrected chi connectivity index (χ3v) is 5.76. The van der Waals surface area contributed by atoms with Crippen LogP contribution in [0, 0.1) is 5.92 Å². The molecule has 1 atom stereocenters. The summed E-state index contributed by atoms with van der Waals surface area (Å²) in [6.45, 7) is 8.78. The van der Waals surface area contributed by atoms with Crippen molar-refractivity contribution >= 4 is 17.7 Å². The molecular formula is C18H25N5OS. The number of amides is 1. The van der Waals surface area contributed by atoms with Crippen LogP contribution in [0.3, 0.4) is 0 Å². The lowest BCUT2D eigenvalue weighted by atomic mass is 9.99. The first-order chi connectivity index (χ1) is 12.1. The summed E-state index contributed by atoms with van der Waals surface area (Å²) in [4.78, 5) is 18.8. The Labute approximate surface area is 153 Å². The van der Waals surface area contributed by atoms with Gasteiger partial charge < -0.3 is 9.47 Å². The maximum atomic E-state index is 12.7. The molecule has 0 aromatic carbocycles. The maximum Gasteiger partial charge on any atom is 0.235 e. The molecule has 0 spiro atoms. The van der Waals surface area contributed by atoms with E-state index < -0.39 is 0 Å². The summed E-state index contributed by atoms with van der Waals surface area (Å²) in [7, 11) is 0. The van der Waals surface area contributed by atoms with Gasteiger partial charge in [0.15, 0.2) is 11.0 Å². The first-order valence-corrected chi connectivity index (χ1v) is 9.77. The van der Waals surface area contributed by atoms with Gasteiger partial charge in [-0.2, -0.15) is 0 Å². The highest BCUT2D eigenvalue weighted by Crippen LogP contribution is 2.28. The van der Waals surface area contributed by atoms with Crippen LogP contribution in [0.2, 0.25) is 0 Å². The van der Waals surface area contributed by atoms with E-state index in [4.69, 9.17) is 0 Å². The summed E-state index contributed by atoms with van der Waals surface area (Å²) < 4.78 is 2.06. The Morgan fingerprint density at radius 2 is 1.96 bits per heavy atom. The van der Waals surface area contributed by atoms with Crippen molar-refractivity contribution in [2.45, 2.75) is 50.6 Å². The molecule has 0 bridgehead atoms. The SMILES string of the molecule is CCn1c(S[C@H](C)C(=O)N2CCC(C)CC2)nnc1-c1ccncc1. The molecule has 6 nitrogen and oxygen atoms in total. The normalized spacial score (nSPS) is 16.8. The van der Waals surface area contributed by atoms with Crippen molar-refractivity contribution in [3.05, 3.63) is 24.5 Å². The molecule has 0 N–H and O–H groups in total. The Balaban J connectivity index is 1.72. The fraction of sp³-hybridized carbons (Fsp3) is 0.556. The zero-order valence-corrected chi connectivity index (χ0v) is 15.9. The minimum atomic E-state index is -0.159. The van der Waals surface area contributed by atoms with E-state index in [1.54, 1.807) is 12.4 Å². The van der Waals surface area contributed by atoms with E-state index in [0.29, 0.717) is 0 Å². The minimum Gasteiger partial charge on any atom is -0.342 e. The monoisotopic (exact) mass is 359 g/mol. The lowest BCUT2D eigenvalue weighted by Gasteiger charge is -2.31. The summed E-state index contributed by atoms with van der Waals surface area (Å²) in [6, 6.07) is 3.85. The highest BCUT2D eigenvalue weighted by atomic mass is 32.2. The molecule has 3 heterocycles. The second kappa shape index (κ2) is 7.99. The van der Waals surface area contributed by atoms with E-state index in [2.05, 4.69) is 33.6 Å². The van der Waals surface area contributed by atoms with Crippen molar-refractivity contribution in [3.8, 4) is 11.4 Å². The first kappa shape index (κ1) is 17.9. The topological polar surface area (TPSA) is 63.9 Å². The van der Waals surface area contributed by atoms with E-state index in [1.807, 2.05) is 24.0 Å². The largest absolute Gasteiger partial charge is 0.342 e. The van der Waals surface area contributed by atoms with Crippen LogP contribution >= 0.6 is 11.8 Å². The standard InChI is InChI=1S/C18H25N5OS/c1-4-23-16(15-5-9-19-10-6-15)20-21-18(23)25-14(3)17(24)22-11-7-13(2)8-12-22/h5-6,9-10,13-14H,4,7-8,11-12H2,1-3H3/t14-/m1/s1. The second-order valence-electron chi connectivity index (χ2n) is 6.55. The van der Waals surface area contributed by atoms with Gasteiger partial charge in [-0.15, -0.1) is 10.2 Å². The first-order valence-electron chi connectivity index (χ1n) is 8.89. The van der Waals surface area contributed by atoms with Gasteiger partial charge >= 0.3 is 0 Å². The Kier molecular flexibility index (Phi) is 5.73. The lowest BCUT2D eigenvalue weighted by molar-refractivity contribution is -0.131. The van der Waals surface area contributed by atoms with Crippen molar-refractivity contribution in [2.24, 2.45) is 5.92 Å². The summed E-state index contributed by atoms with van der Waals surface area (Å²) in [5, 5.41) is 9.29. The molecule has 0 saturated carbocycles. The molecule has 0 unspecified atom stereocenters. The summed E-state index contributed by atoms with van der Waals surface area (Å²) in [6.07, 6.45) is 5.70. The van der Waals surface area contributed by atoms with Crippen LogP contribution in [0.15, 0.2) is 29.7 Å². The Morgan fingerprint density at radius 3 is 2.60 bits per heavy atom. The summed E-state index contributed by atoms with van der Waals surface area (Å²) >= 11 is 1.50. The highest BCUT2D eigenvalue weighted by Gasteiger charge is 2.26. The number of hydrogen-bond donors (Lipinski definition) is 0. The predicted molar refractivity (Wildman–Crippen MR) is 99.2 cm³/mol. The predicted octanol–water partition coefficient (Wildman–Crippen LogP) is 3.10. The number of aromatic nitrogens is 4. The number of carbonyl (C=O) groups excluding carboxylic acids is 1. The molecule has 1 saturated heterocycles. The molecule has 25 heavy (non-hydrogen) atoms. The number of hydrogen-bond acceptors (Lipinski definition) is 5. The van der Waals surface area contributed by atoms with Crippen molar-refractivity contribution in [2.75, 3.05) is 13.1 Å². The molecule has 134 valence electrons. The minimum absolute atomic E-state index is 0.159. The number of thioether (sulfide) groups is 1. The van der Waals surface area contributed by atoms with Crippen LogP contribution in [0.5, 0.6) is 0 Å². The molecule has 7 heteroatoms. The second-order valence-corrected chi connectivity index (χ2v) is 7.86. The van der Waals surface area contributed by atoms with Gasteiger partial charge in [0.25, 0.3) is 0 Å². The molecule has 1 aliphatic heterocycles. The van der Waals surface area contributed by atoms with Crippen LogP contribution in [0.1, 0.15) is 33.6 Å². The third-order valence-electron chi connectivity index (χ3n) is 4.70. The smallest absolute Gasteiger partial charge is 0.235 e. The molecule has 1 amide bonds. The maximum absolute atomic E-state index is 12.7. The van der Waals surface area contributed by atoms with Gasteiger partial charge in [-0.25, -0.2) is 0 Å². The number of pyridine rings is 1. The lowest BCUT2D eigenvalue weighted by Crippen LogP contribution is -2.41. The highest BCUT2D eigenvalue weighted by molar-refractivity contribution is 8.00. The Bertz CT molecular complexity index is 710. The van der Waals surface area contributed by atoms with Gasteiger partial charge in [0.1, 0.15) is 0 Å². The van der Waals surface area contributed by atoms with E-state index in [0.717, 1.165) is 54.9 Å². The molecular weight excluding hydrogens is 334 g/mol. The number of piperidine rings is 1.